The zero-order chi connectivity index (χ0) is 8.59. The Hall–Kier alpha value is -0.570. The molecule has 1 heterocycles. The van der Waals surface area contributed by atoms with Gasteiger partial charge in [-0.25, -0.2) is 4.98 Å². The minimum atomic E-state index is -0.268. The lowest BCUT2D eigenvalue weighted by Crippen LogP contribution is -1.88. The molecule has 2 nitrogen and oxygen atoms in total. The number of nitrogens with two attached hydrogens (primary N) is 1. The van der Waals surface area contributed by atoms with Crippen LogP contribution in [0.4, 0.5) is 5.82 Å². The topological polar surface area (TPSA) is 38.9 Å². The standard InChI is InChI=1S/C5H5BrN2/c6-4-2-1-3-8-5(4)7/h1-3H,(H2,7,8)/i1D,2D,3D. The number of anilines is 1. The molecular weight excluding hydrogens is 168 g/mol. The van der Waals surface area contributed by atoms with E-state index in [-0.39, 0.29) is 28.5 Å². The molecule has 0 aromatic carbocycles. The molecule has 0 fully saturated rings. The maximum absolute atomic E-state index is 7.25. The Balaban J connectivity index is 3.46. The highest BCUT2D eigenvalue weighted by Gasteiger charge is 1.88. The first kappa shape index (κ1) is 2.82. The third-order valence-electron chi connectivity index (χ3n) is 0.629. The van der Waals surface area contributed by atoms with Gasteiger partial charge in [-0.15, -0.1) is 0 Å². The van der Waals surface area contributed by atoms with Gasteiger partial charge in [-0.3, -0.25) is 0 Å². The minimum Gasteiger partial charge on any atom is -0.383 e. The largest absolute Gasteiger partial charge is 0.383 e. The monoisotopic (exact) mass is 175 g/mol. The van der Waals surface area contributed by atoms with Crippen LogP contribution in [0.5, 0.6) is 0 Å². The molecule has 0 unspecified atom stereocenters. The molecule has 1 rings (SSSR count). The number of pyridine rings is 1. The zero-order valence-electron chi connectivity index (χ0n) is 6.90. The molecule has 0 radical (unpaired) electrons. The van der Waals surface area contributed by atoms with Crippen LogP contribution in [0.25, 0.3) is 0 Å². The second-order valence-electron chi connectivity index (χ2n) is 1.17. The Morgan fingerprint density at radius 1 is 1.88 bits per heavy atom. The molecule has 1 aromatic rings. The van der Waals surface area contributed by atoms with Crippen molar-refractivity contribution in [3.8, 4) is 0 Å². The van der Waals surface area contributed by atoms with Crippen LogP contribution in [0.15, 0.2) is 22.7 Å². The van der Waals surface area contributed by atoms with E-state index >= 15 is 0 Å². The van der Waals surface area contributed by atoms with Gasteiger partial charge in [0.2, 0.25) is 0 Å². The summed E-state index contributed by atoms with van der Waals surface area (Å²) < 4.78 is 21.8. The van der Waals surface area contributed by atoms with E-state index in [1.54, 1.807) is 0 Å². The molecule has 2 N–H and O–H groups in total. The van der Waals surface area contributed by atoms with Crippen LogP contribution in [0.3, 0.4) is 0 Å². The smallest absolute Gasteiger partial charge is 0.137 e. The molecule has 0 bridgehead atoms. The Morgan fingerprint density at radius 3 is 3.38 bits per heavy atom. The van der Waals surface area contributed by atoms with Gasteiger partial charge in [-0.2, -0.15) is 0 Å². The van der Waals surface area contributed by atoms with Gasteiger partial charge in [-0.1, -0.05) is 0 Å². The quantitative estimate of drug-likeness (QED) is 0.649. The van der Waals surface area contributed by atoms with Crippen LogP contribution in [0.2, 0.25) is 0 Å². The van der Waals surface area contributed by atoms with Crippen molar-refractivity contribution in [3.63, 3.8) is 0 Å². The van der Waals surface area contributed by atoms with Crippen LogP contribution < -0.4 is 5.73 Å². The van der Waals surface area contributed by atoms with Crippen molar-refractivity contribution in [2.75, 3.05) is 5.73 Å². The van der Waals surface area contributed by atoms with E-state index in [1.807, 2.05) is 0 Å². The Labute approximate surface area is 60.1 Å². The molecule has 0 amide bonds. The van der Waals surface area contributed by atoms with Crippen molar-refractivity contribution in [1.82, 2.24) is 4.98 Å². The number of nitrogen functional groups attached to an aromatic ring is 1. The van der Waals surface area contributed by atoms with E-state index < -0.39 is 0 Å². The van der Waals surface area contributed by atoms with Crippen LogP contribution in [-0.4, -0.2) is 4.98 Å². The maximum Gasteiger partial charge on any atom is 0.137 e. The summed E-state index contributed by atoms with van der Waals surface area (Å²) in [6, 6.07) is -0.312. The summed E-state index contributed by atoms with van der Waals surface area (Å²) in [5.41, 5.74) is 5.31. The van der Waals surface area contributed by atoms with Crippen molar-refractivity contribution in [2.45, 2.75) is 0 Å². The van der Waals surface area contributed by atoms with E-state index in [0.29, 0.717) is 0 Å². The first-order chi connectivity index (χ1) is 5.04. The van der Waals surface area contributed by atoms with Crippen molar-refractivity contribution in [2.24, 2.45) is 0 Å². The molecule has 0 atom stereocenters. The summed E-state index contributed by atoms with van der Waals surface area (Å²) in [6.45, 7) is 0. The van der Waals surface area contributed by atoms with Crippen molar-refractivity contribution in [3.05, 3.63) is 22.7 Å². The molecule has 0 aliphatic heterocycles. The summed E-state index contributed by atoms with van der Waals surface area (Å²) in [5, 5.41) is 0. The van der Waals surface area contributed by atoms with Gasteiger partial charge in [0.25, 0.3) is 0 Å². The number of halogens is 1. The van der Waals surface area contributed by atoms with Gasteiger partial charge in [0.05, 0.1) is 8.58 Å². The fraction of sp³-hybridized carbons (Fsp3) is 0. The second kappa shape index (κ2) is 2.13. The molecule has 3 heteroatoms. The predicted molar refractivity (Wildman–Crippen MR) is 36.3 cm³/mol. The third-order valence-corrected chi connectivity index (χ3v) is 1.23. The van der Waals surface area contributed by atoms with E-state index in [4.69, 9.17) is 9.85 Å². The van der Waals surface area contributed by atoms with E-state index in [9.17, 15) is 0 Å². The highest BCUT2D eigenvalue weighted by atomic mass is 79.9. The zero-order valence-corrected chi connectivity index (χ0v) is 5.49. The minimum absolute atomic E-state index is 0.0796. The Bertz CT molecular complexity index is 276. The summed E-state index contributed by atoms with van der Waals surface area (Å²) >= 11 is 2.99. The summed E-state index contributed by atoms with van der Waals surface area (Å²) in [6.07, 6.45) is -0.268. The van der Waals surface area contributed by atoms with Gasteiger partial charge >= 0.3 is 0 Å². The maximum atomic E-state index is 7.25. The summed E-state index contributed by atoms with van der Waals surface area (Å²) in [7, 11) is 0. The molecule has 1 aromatic heterocycles. The lowest BCUT2D eigenvalue weighted by atomic mass is 10.5. The normalized spacial score (nSPS) is 14.4. The fourth-order valence-corrected chi connectivity index (χ4v) is 0.472. The van der Waals surface area contributed by atoms with E-state index in [1.165, 1.54) is 0 Å². The van der Waals surface area contributed by atoms with E-state index in [0.717, 1.165) is 0 Å². The van der Waals surface area contributed by atoms with Crippen LogP contribution in [0.1, 0.15) is 4.11 Å². The van der Waals surface area contributed by atoms with Crippen molar-refractivity contribution in [1.29, 1.82) is 0 Å². The molecule has 0 aliphatic rings. The molecule has 42 valence electrons. The molecule has 0 aliphatic carbocycles. The molecule has 0 saturated carbocycles. The number of rotatable bonds is 0. The van der Waals surface area contributed by atoms with Gasteiger partial charge in [0.15, 0.2) is 0 Å². The van der Waals surface area contributed by atoms with Crippen LogP contribution >= 0.6 is 15.9 Å². The average molecular weight is 176 g/mol. The van der Waals surface area contributed by atoms with Crippen molar-refractivity contribution >= 4 is 21.7 Å². The van der Waals surface area contributed by atoms with Crippen LogP contribution in [-0.2, 0) is 0 Å². The SMILES string of the molecule is [2H]c1nc(N)c(Br)c([2H])c1[2H]. The average Bonchev–Trinajstić information content (AvgIpc) is 1.97. The number of aromatic nitrogens is 1. The number of hydrogen-bond acceptors (Lipinski definition) is 2. The van der Waals surface area contributed by atoms with Gasteiger partial charge in [0, 0.05) is 6.17 Å². The van der Waals surface area contributed by atoms with Crippen LogP contribution in [0, 0.1) is 0 Å². The third kappa shape index (κ3) is 0.980. The van der Waals surface area contributed by atoms with E-state index in [2.05, 4.69) is 20.9 Å². The van der Waals surface area contributed by atoms with Crippen molar-refractivity contribution < 1.29 is 4.11 Å². The number of hydrogen-bond donors (Lipinski definition) is 1. The lowest BCUT2D eigenvalue weighted by molar-refractivity contribution is 1.32. The second-order valence-corrected chi connectivity index (χ2v) is 1.97. The van der Waals surface area contributed by atoms with Gasteiger partial charge in [0.1, 0.15) is 5.82 Å². The lowest BCUT2D eigenvalue weighted by Gasteiger charge is -1.90. The Kier molecular flexibility index (Phi) is 0.753. The summed E-state index contributed by atoms with van der Waals surface area (Å²) in [4.78, 5) is 3.52. The summed E-state index contributed by atoms with van der Waals surface area (Å²) in [5.74, 6) is 0.0796. The molecule has 0 spiro atoms. The molecule has 0 saturated heterocycles. The number of nitrogens with zero attached hydrogens (tertiary/aromatic N) is 1. The van der Waals surface area contributed by atoms with Gasteiger partial charge < -0.3 is 5.73 Å². The molecular formula is C5H5BrN2. The highest BCUT2D eigenvalue weighted by molar-refractivity contribution is 9.10. The highest BCUT2D eigenvalue weighted by Crippen LogP contribution is 2.13. The van der Waals surface area contributed by atoms with Gasteiger partial charge in [-0.05, 0) is 28.0 Å². The molecule has 8 heavy (non-hydrogen) atoms. The first-order valence-corrected chi connectivity index (χ1v) is 2.72. The Morgan fingerprint density at radius 2 is 2.62 bits per heavy atom. The predicted octanol–water partition coefficient (Wildman–Crippen LogP) is 1.43. The fourth-order valence-electron chi connectivity index (χ4n) is 0.284. The first-order valence-electron chi connectivity index (χ1n) is 3.42.